The summed E-state index contributed by atoms with van der Waals surface area (Å²) < 4.78 is 35.9. The lowest BCUT2D eigenvalue weighted by molar-refractivity contribution is -0.117. The molecule has 0 aliphatic carbocycles. The summed E-state index contributed by atoms with van der Waals surface area (Å²) in [6, 6.07) is 10.5. The van der Waals surface area contributed by atoms with Gasteiger partial charge in [0.25, 0.3) is 5.91 Å². The highest BCUT2D eigenvalue weighted by Crippen LogP contribution is 2.33. The molecule has 3 rings (SSSR count). The monoisotopic (exact) mass is 447 g/mol. The van der Waals surface area contributed by atoms with Crippen molar-refractivity contribution in [1.82, 2.24) is 9.62 Å². The number of hydrogen-bond donors (Lipinski definition) is 1. The summed E-state index contributed by atoms with van der Waals surface area (Å²) >= 11 is 0. The fraction of sp³-hybridized carbons (Fsp3) is 0.333. The predicted molar refractivity (Wildman–Crippen MR) is 115 cm³/mol. The highest BCUT2D eigenvalue weighted by atomic mass is 32.2. The molecule has 166 valence electrons. The van der Waals surface area contributed by atoms with Gasteiger partial charge < -0.3 is 19.7 Å². The molecular formula is C21H25N3O6S. The van der Waals surface area contributed by atoms with Gasteiger partial charge in [-0.2, -0.15) is 0 Å². The van der Waals surface area contributed by atoms with E-state index in [1.54, 1.807) is 23.1 Å². The molecule has 2 aromatic carbocycles. The number of ether oxygens (including phenoxy) is 2. The molecule has 2 aromatic rings. The van der Waals surface area contributed by atoms with Gasteiger partial charge in [-0.3, -0.25) is 9.59 Å². The van der Waals surface area contributed by atoms with E-state index in [0.29, 0.717) is 29.3 Å². The molecule has 0 bridgehead atoms. The van der Waals surface area contributed by atoms with Crippen LogP contribution in [0.5, 0.6) is 11.5 Å². The average Bonchev–Trinajstić information content (AvgIpc) is 3.12. The molecule has 2 amide bonds. The van der Waals surface area contributed by atoms with Crippen molar-refractivity contribution in [2.75, 3.05) is 39.8 Å². The quantitative estimate of drug-likeness (QED) is 0.690. The number of carbonyl (C=O) groups is 2. The molecule has 1 atom stereocenters. The maximum Gasteiger partial charge on any atom is 0.251 e. The normalized spacial score (nSPS) is 16.5. The smallest absolute Gasteiger partial charge is 0.251 e. The van der Waals surface area contributed by atoms with Crippen LogP contribution in [-0.2, 0) is 14.8 Å². The number of methoxy groups -OCH3 is 2. The first-order valence-electron chi connectivity index (χ1n) is 9.53. The summed E-state index contributed by atoms with van der Waals surface area (Å²) in [7, 11) is 2.37. The lowest BCUT2D eigenvalue weighted by atomic mass is 10.2. The van der Waals surface area contributed by atoms with E-state index in [-0.39, 0.29) is 29.2 Å². The van der Waals surface area contributed by atoms with Crippen LogP contribution in [-0.4, -0.2) is 65.4 Å². The molecule has 1 N–H and O–H groups in total. The molecule has 1 heterocycles. The fourth-order valence-electron chi connectivity index (χ4n) is 3.30. The van der Waals surface area contributed by atoms with Gasteiger partial charge in [-0.15, -0.1) is 0 Å². The van der Waals surface area contributed by atoms with Crippen LogP contribution in [0.1, 0.15) is 16.8 Å². The standard InChI is InChI=1S/C21H25N3O6S/c1-23(2)31(27,28)17-8-5-14(6-9-17)21(26)22-15-11-20(25)24(13-15)16-7-10-18(29-3)19(12-16)30-4/h5-10,12,15H,11,13H2,1-4H3,(H,22,26)/t15-/m0/s1. The van der Waals surface area contributed by atoms with Gasteiger partial charge >= 0.3 is 0 Å². The van der Waals surface area contributed by atoms with E-state index < -0.39 is 10.0 Å². The Morgan fingerprint density at radius 1 is 1.06 bits per heavy atom. The number of rotatable bonds is 7. The van der Waals surface area contributed by atoms with Crippen molar-refractivity contribution in [3.63, 3.8) is 0 Å². The Morgan fingerprint density at radius 2 is 1.71 bits per heavy atom. The van der Waals surface area contributed by atoms with Crippen LogP contribution in [0.15, 0.2) is 47.4 Å². The molecule has 0 spiro atoms. The molecule has 1 aliphatic heterocycles. The number of hydrogen-bond acceptors (Lipinski definition) is 6. The average molecular weight is 448 g/mol. The largest absolute Gasteiger partial charge is 0.493 e. The van der Waals surface area contributed by atoms with Crippen LogP contribution >= 0.6 is 0 Å². The zero-order valence-corrected chi connectivity index (χ0v) is 18.6. The van der Waals surface area contributed by atoms with Crippen molar-refractivity contribution in [2.24, 2.45) is 0 Å². The van der Waals surface area contributed by atoms with Gasteiger partial charge in [0.05, 0.1) is 25.2 Å². The number of amides is 2. The van der Waals surface area contributed by atoms with Gasteiger partial charge in [-0.25, -0.2) is 12.7 Å². The van der Waals surface area contributed by atoms with E-state index in [1.165, 1.54) is 52.6 Å². The molecule has 10 heteroatoms. The number of nitrogens with one attached hydrogen (secondary N) is 1. The number of sulfonamides is 1. The highest BCUT2D eigenvalue weighted by Gasteiger charge is 2.32. The number of anilines is 1. The summed E-state index contributed by atoms with van der Waals surface area (Å²) in [6.07, 6.45) is 0.160. The molecule has 1 aliphatic rings. The van der Waals surface area contributed by atoms with E-state index in [9.17, 15) is 18.0 Å². The molecule has 0 unspecified atom stereocenters. The Balaban J connectivity index is 1.69. The van der Waals surface area contributed by atoms with Crippen molar-refractivity contribution >= 4 is 27.5 Å². The van der Waals surface area contributed by atoms with Gasteiger partial charge in [0.1, 0.15) is 0 Å². The third-order valence-corrected chi connectivity index (χ3v) is 6.86. The van der Waals surface area contributed by atoms with Crippen molar-refractivity contribution in [3.05, 3.63) is 48.0 Å². The molecule has 1 saturated heterocycles. The van der Waals surface area contributed by atoms with Crippen LogP contribution in [0, 0.1) is 0 Å². The first-order valence-corrected chi connectivity index (χ1v) is 11.0. The summed E-state index contributed by atoms with van der Waals surface area (Å²) in [5, 5.41) is 2.84. The van der Waals surface area contributed by atoms with E-state index >= 15 is 0 Å². The molecule has 9 nitrogen and oxygen atoms in total. The Morgan fingerprint density at radius 3 is 2.29 bits per heavy atom. The maximum absolute atomic E-state index is 12.6. The number of nitrogens with zero attached hydrogens (tertiary/aromatic N) is 2. The Hall–Kier alpha value is -3.11. The summed E-state index contributed by atoms with van der Waals surface area (Å²) in [4.78, 5) is 26.8. The van der Waals surface area contributed by atoms with Crippen molar-refractivity contribution in [1.29, 1.82) is 0 Å². The molecule has 0 radical (unpaired) electrons. The molecule has 0 saturated carbocycles. The maximum atomic E-state index is 12.6. The first-order chi connectivity index (χ1) is 14.7. The van der Waals surface area contributed by atoms with Crippen LogP contribution in [0.3, 0.4) is 0 Å². The second kappa shape index (κ2) is 8.94. The second-order valence-electron chi connectivity index (χ2n) is 7.23. The SMILES string of the molecule is COc1ccc(N2C[C@@H](NC(=O)c3ccc(S(=O)(=O)N(C)C)cc3)CC2=O)cc1OC. The van der Waals surface area contributed by atoms with Gasteiger partial charge in [-0.05, 0) is 36.4 Å². The number of carbonyl (C=O) groups excluding carboxylic acids is 2. The summed E-state index contributed by atoms with van der Waals surface area (Å²) in [5.41, 5.74) is 0.965. The predicted octanol–water partition coefficient (Wildman–Crippen LogP) is 1.49. The van der Waals surface area contributed by atoms with Crippen LogP contribution < -0.4 is 19.7 Å². The summed E-state index contributed by atoms with van der Waals surface area (Å²) in [6.45, 7) is 0.313. The zero-order valence-electron chi connectivity index (χ0n) is 17.8. The minimum atomic E-state index is -3.57. The Kier molecular flexibility index (Phi) is 6.51. The topological polar surface area (TPSA) is 105 Å². The minimum Gasteiger partial charge on any atom is -0.493 e. The van der Waals surface area contributed by atoms with Crippen molar-refractivity contribution < 1.29 is 27.5 Å². The zero-order chi connectivity index (χ0) is 22.8. The van der Waals surface area contributed by atoms with Crippen molar-refractivity contribution in [3.8, 4) is 11.5 Å². The van der Waals surface area contributed by atoms with Crippen LogP contribution in [0.25, 0.3) is 0 Å². The third-order valence-electron chi connectivity index (χ3n) is 5.03. The number of benzene rings is 2. The van der Waals surface area contributed by atoms with E-state index in [2.05, 4.69) is 5.32 Å². The van der Waals surface area contributed by atoms with Crippen LogP contribution in [0.2, 0.25) is 0 Å². The lowest BCUT2D eigenvalue weighted by Gasteiger charge is -2.19. The highest BCUT2D eigenvalue weighted by molar-refractivity contribution is 7.89. The van der Waals surface area contributed by atoms with E-state index in [1.807, 2.05) is 0 Å². The van der Waals surface area contributed by atoms with E-state index in [0.717, 1.165) is 4.31 Å². The van der Waals surface area contributed by atoms with Gasteiger partial charge in [0.2, 0.25) is 15.9 Å². The third kappa shape index (κ3) is 4.64. The first kappa shape index (κ1) is 22.6. The van der Waals surface area contributed by atoms with Gasteiger partial charge in [0, 0.05) is 44.4 Å². The fourth-order valence-corrected chi connectivity index (χ4v) is 4.21. The Bertz CT molecular complexity index is 1080. The molecule has 1 fully saturated rings. The van der Waals surface area contributed by atoms with Gasteiger partial charge in [-0.1, -0.05) is 0 Å². The van der Waals surface area contributed by atoms with Crippen LogP contribution in [0.4, 0.5) is 5.69 Å². The molecule has 31 heavy (non-hydrogen) atoms. The summed E-state index contributed by atoms with van der Waals surface area (Å²) in [5.74, 6) is 0.571. The van der Waals surface area contributed by atoms with E-state index in [4.69, 9.17) is 9.47 Å². The van der Waals surface area contributed by atoms with Crippen molar-refractivity contribution in [2.45, 2.75) is 17.4 Å². The minimum absolute atomic E-state index is 0.102. The Labute approximate surface area is 181 Å². The molecular weight excluding hydrogens is 422 g/mol. The second-order valence-corrected chi connectivity index (χ2v) is 9.38. The van der Waals surface area contributed by atoms with Gasteiger partial charge in [0.15, 0.2) is 11.5 Å². The molecule has 0 aromatic heterocycles. The lowest BCUT2D eigenvalue weighted by Crippen LogP contribution is -2.37.